The van der Waals surface area contributed by atoms with Gasteiger partial charge in [0.05, 0.1) is 24.9 Å². The normalized spacial score (nSPS) is 21.9. The van der Waals surface area contributed by atoms with Crippen LogP contribution in [0.5, 0.6) is 0 Å². The van der Waals surface area contributed by atoms with Gasteiger partial charge in [-0.15, -0.1) is 24.0 Å². The molecule has 1 N–H and O–H groups in total. The first-order chi connectivity index (χ1) is 14.3. The highest BCUT2D eigenvalue weighted by Gasteiger charge is 2.32. The molecule has 30 heavy (non-hydrogen) atoms. The number of morpholine rings is 1. The van der Waals surface area contributed by atoms with Crippen molar-refractivity contribution in [2.45, 2.75) is 38.5 Å². The van der Waals surface area contributed by atoms with E-state index in [1.165, 1.54) is 5.56 Å². The van der Waals surface area contributed by atoms with Crippen molar-refractivity contribution in [1.82, 2.24) is 15.2 Å². The van der Waals surface area contributed by atoms with Crippen LogP contribution in [0.2, 0.25) is 0 Å². The number of hydrogen-bond donors (Lipinski definition) is 1. The number of guanidine groups is 1. The Labute approximate surface area is 196 Å². The number of rotatable bonds is 5. The molecule has 6 nitrogen and oxygen atoms in total. The van der Waals surface area contributed by atoms with Gasteiger partial charge in [0.1, 0.15) is 6.10 Å². The molecule has 0 bridgehead atoms. The smallest absolute Gasteiger partial charge is 0.194 e. The fourth-order valence-electron chi connectivity index (χ4n) is 3.94. The van der Waals surface area contributed by atoms with Crippen LogP contribution in [0.25, 0.3) is 11.3 Å². The Bertz CT molecular complexity index is 812. The minimum atomic E-state index is 0. The van der Waals surface area contributed by atoms with Crippen LogP contribution in [0.3, 0.4) is 0 Å². The zero-order chi connectivity index (χ0) is 19.9. The van der Waals surface area contributed by atoms with Crippen LogP contribution >= 0.6 is 24.0 Å². The molecular formula is C23H31IN4O2. The van der Waals surface area contributed by atoms with Gasteiger partial charge in [0.15, 0.2) is 5.96 Å². The van der Waals surface area contributed by atoms with Crippen LogP contribution in [0.4, 0.5) is 0 Å². The summed E-state index contributed by atoms with van der Waals surface area (Å²) < 4.78 is 11.8. The lowest BCUT2D eigenvalue weighted by Gasteiger charge is -2.37. The van der Waals surface area contributed by atoms with Crippen molar-refractivity contribution in [2.75, 3.05) is 32.8 Å². The fourth-order valence-corrected chi connectivity index (χ4v) is 3.94. The molecule has 0 amide bonds. The summed E-state index contributed by atoms with van der Waals surface area (Å²) in [4.78, 5) is 11.7. The lowest BCUT2D eigenvalue weighted by Crippen LogP contribution is -2.53. The number of hydrogen-bond acceptors (Lipinski definition) is 4. The van der Waals surface area contributed by atoms with Gasteiger partial charge in [-0.2, -0.15) is 0 Å². The average Bonchev–Trinajstić information content (AvgIpc) is 3.33. The number of ether oxygens (including phenoxy) is 2. The van der Waals surface area contributed by atoms with Crippen molar-refractivity contribution in [3.63, 3.8) is 0 Å². The van der Waals surface area contributed by atoms with Crippen LogP contribution in [0, 0.1) is 0 Å². The van der Waals surface area contributed by atoms with Gasteiger partial charge in [-0.05, 0) is 43.5 Å². The molecule has 2 saturated heterocycles. The van der Waals surface area contributed by atoms with E-state index in [4.69, 9.17) is 14.5 Å². The molecule has 0 radical (unpaired) electrons. The molecule has 7 heteroatoms. The largest absolute Gasteiger partial charge is 0.375 e. The summed E-state index contributed by atoms with van der Waals surface area (Å²) in [6.07, 6.45) is 4.39. The first-order valence-electron chi connectivity index (χ1n) is 10.6. The average molecular weight is 522 g/mol. The van der Waals surface area contributed by atoms with Crippen LogP contribution < -0.4 is 5.32 Å². The minimum Gasteiger partial charge on any atom is -0.375 e. The lowest BCUT2D eigenvalue weighted by molar-refractivity contribution is -0.0817. The Morgan fingerprint density at radius 2 is 2.07 bits per heavy atom. The maximum absolute atomic E-state index is 5.99. The van der Waals surface area contributed by atoms with Crippen molar-refractivity contribution in [3.8, 4) is 11.3 Å². The van der Waals surface area contributed by atoms with Gasteiger partial charge in [0.2, 0.25) is 0 Å². The Hall–Kier alpha value is -1.71. The van der Waals surface area contributed by atoms with Crippen LogP contribution in [0.1, 0.15) is 25.3 Å². The molecule has 2 unspecified atom stereocenters. The fraction of sp³-hybridized carbons (Fsp3) is 0.478. The van der Waals surface area contributed by atoms with E-state index in [2.05, 4.69) is 46.4 Å². The van der Waals surface area contributed by atoms with Crippen molar-refractivity contribution >= 4 is 29.9 Å². The van der Waals surface area contributed by atoms with E-state index >= 15 is 0 Å². The van der Waals surface area contributed by atoms with Gasteiger partial charge >= 0.3 is 0 Å². The van der Waals surface area contributed by atoms with Crippen LogP contribution in [-0.4, -0.2) is 60.9 Å². The van der Waals surface area contributed by atoms with E-state index in [9.17, 15) is 0 Å². The van der Waals surface area contributed by atoms with Crippen molar-refractivity contribution < 1.29 is 9.47 Å². The van der Waals surface area contributed by atoms with Gasteiger partial charge in [0, 0.05) is 38.0 Å². The number of benzene rings is 1. The second kappa shape index (κ2) is 11.6. The highest BCUT2D eigenvalue weighted by molar-refractivity contribution is 14.0. The molecular weight excluding hydrogens is 491 g/mol. The molecule has 2 fully saturated rings. The number of nitrogens with zero attached hydrogens (tertiary/aromatic N) is 3. The van der Waals surface area contributed by atoms with E-state index in [-0.39, 0.29) is 36.2 Å². The molecule has 162 valence electrons. The van der Waals surface area contributed by atoms with Crippen LogP contribution in [0.15, 0.2) is 53.7 Å². The maximum atomic E-state index is 5.99. The van der Waals surface area contributed by atoms with Gasteiger partial charge in [-0.3, -0.25) is 4.98 Å². The molecule has 2 atom stereocenters. The molecule has 2 aliphatic heterocycles. The summed E-state index contributed by atoms with van der Waals surface area (Å²) in [6.45, 7) is 6.82. The Kier molecular flexibility index (Phi) is 8.89. The number of halogens is 1. The van der Waals surface area contributed by atoms with Gasteiger partial charge in [0.25, 0.3) is 0 Å². The predicted octanol–water partition coefficient (Wildman–Crippen LogP) is 3.71. The SMILES string of the molecule is CCNC(=NCc1cccc(-c2ccccn2)c1)N1CCOC(C2CCCO2)C1.I. The third kappa shape index (κ3) is 5.92. The molecule has 4 rings (SSSR count). The first kappa shape index (κ1) is 23.0. The van der Waals surface area contributed by atoms with E-state index in [1.807, 2.05) is 24.4 Å². The second-order valence-electron chi connectivity index (χ2n) is 7.49. The molecule has 0 spiro atoms. The topological polar surface area (TPSA) is 59.0 Å². The lowest BCUT2D eigenvalue weighted by atomic mass is 10.1. The predicted molar refractivity (Wildman–Crippen MR) is 130 cm³/mol. The molecule has 0 aliphatic carbocycles. The summed E-state index contributed by atoms with van der Waals surface area (Å²) in [7, 11) is 0. The van der Waals surface area contributed by atoms with E-state index < -0.39 is 0 Å². The quantitative estimate of drug-likeness (QED) is 0.369. The Morgan fingerprint density at radius 3 is 2.83 bits per heavy atom. The summed E-state index contributed by atoms with van der Waals surface area (Å²) in [5.74, 6) is 0.946. The third-order valence-corrected chi connectivity index (χ3v) is 5.41. The summed E-state index contributed by atoms with van der Waals surface area (Å²) in [5.41, 5.74) is 3.28. The number of pyridine rings is 1. The molecule has 1 aromatic carbocycles. The van der Waals surface area contributed by atoms with Crippen LogP contribution in [-0.2, 0) is 16.0 Å². The highest BCUT2D eigenvalue weighted by Crippen LogP contribution is 2.21. The first-order valence-corrected chi connectivity index (χ1v) is 10.6. The molecule has 3 heterocycles. The zero-order valence-corrected chi connectivity index (χ0v) is 19.8. The van der Waals surface area contributed by atoms with Gasteiger partial charge < -0.3 is 19.7 Å². The van der Waals surface area contributed by atoms with Crippen molar-refractivity contribution in [2.24, 2.45) is 4.99 Å². The highest BCUT2D eigenvalue weighted by atomic mass is 127. The zero-order valence-electron chi connectivity index (χ0n) is 17.5. The number of aliphatic imine (C=N–C) groups is 1. The Morgan fingerprint density at radius 1 is 1.17 bits per heavy atom. The summed E-state index contributed by atoms with van der Waals surface area (Å²) in [6, 6.07) is 14.4. The third-order valence-electron chi connectivity index (χ3n) is 5.41. The van der Waals surface area contributed by atoms with Gasteiger partial charge in [-0.25, -0.2) is 4.99 Å². The van der Waals surface area contributed by atoms with Crippen molar-refractivity contribution in [3.05, 3.63) is 54.2 Å². The van der Waals surface area contributed by atoms with Crippen molar-refractivity contribution in [1.29, 1.82) is 0 Å². The monoisotopic (exact) mass is 522 g/mol. The van der Waals surface area contributed by atoms with E-state index in [1.54, 1.807) is 0 Å². The standard InChI is InChI=1S/C23H30N4O2.HI/c1-2-24-23(27-12-14-29-22(17-27)21-10-6-13-28-21)26-16-18-7-5-8-19(15-18)20-9-3-4-11-25-20;/h3-5,7-9,11,15,21-22H,2,6,10,12-14,16-17H2,1H3,(H,24,26);1H. The van der Waals surface area contributed by atoms with E-state index in [0.717, 1.165) is 56.3 Å². The number of aromatic nitrogens is 1. The second-order valence-corrected chi connectivity index (χ2v) is 7.49. The molecule has 2 aromatic rings. The van der Waals surface area contributed by atoms with E-state index in [0.29, 0.717) is 13.2 Å². The van der Waals surface area contributed by atoms with Gasteiger partial charge in [-0.1, -0.05) is 24.3 Å². The Balaban J connectivity index is 0.00000256. The molecule has 2 aliphatic rings. The minimum absolute atomic E-state index is 0. The maximum Gasteiger partial charge on any atom is 0.194 e. The summed E-state index contributed by atoms with van der Waals surface area (Å²) >= 11 is 0. The molecule has 1 aromatic heterocycles. The molecule has 0 saturated carbocycles. The summed E-state index contributed by atoms with van der Waals surface area (Å²) in [5, 5.41) is 3.45. The number of nitrogens with one attached hydrogen (secondary N) is 1.